The number of hydrogen-bond donors (Lipinski definition) is 1. The summed E-state index contributed by atoms with van der Waals surface area (Å²) in [4.78, 5) is 0.108. The van der Waals surface area contributed by atoms with Gasteiger partial charge < -0.3 is 10.5 Å². The average Bonchev–Trinajstić information content (AvgIpc) is 3.13. The maximum absolute atomic E-state index is 13.0. The number of rotatable bonds is 7. The summed E-state index contributed by atoms with van der Waals surface area (Å²) in [5.74, 6) is 0.285. The molecule has 1 saturated heterocycles. The molecule has 0 aromatic heterocycles. The van der Waals surface area contributed by atoms with Gasteiger partial charge in [-0.3, -0.25) is 0 Å². The van der Waals surface area contributed by atoms with Crippen LogP contribution in [0.1, 0.15) is 11.5 Å². The van der Waals surface area contributed by atoms with Crippen LogP contribution in [0.5, 0.6) is 5.75 Å². The fourth-order valence-electron chi connectivity index (χ4n) is 3.36. The second-order valence-corrected chi connectivity index (χ2v) is 8.45. The monoisotopic (exact) mass is 432 g/mol. The smallest absolute Gasteiger partial charge is 0.272 e. The average molecular weight is 433 g/mol. The van der Waals surface area contributed by atoms with Crippen molar-refractivity contribution in [3.05, 3.63) is 60.2 Å². The Morgan fingerprint density at radius 3 is 2.29 bits per heavy atom. The van der Waals surface area contributed by atoms with Crippen LogP contribution >= 0.6 is 12.4 Å². The molecule has 1 heterocycles. The second kappa shape index (κ2) is 9.65. The third-order valence-corrected chi connectivity index (χ3v) is 6.62. The topological polar surface area (TPSA) is 72.6 Å². The molecule has 5 nitrogen and oxygen atoms in total. The molecule has 0 radical (unpaired) electrons. The molecule has 0 unspecified atom stereocenters. The molecular formula is C19H23ClF2N2O3S. The predicted octanol–water partition coefficient (Wildman–Crippen LogP) is 3.12. The zero-order chi connectivity index (χ0) is 19.4. The first-order chi connectivity index (χ1) is 12.9. The largest absolute Gasteiger partial charge is 0.488 e. The lowest BCUT2D eigenvalue weighted by Gasteiger charge is -2.17. The summed E-state index contributed by atoms with van der Waals surface area (Å²) in [5.41, 5.74) is 6.95. The van der Waals surface area contributed by atoms with Crippen molar-refractivity contribution in [3.8, 4) is 5.75 Å². The highest BCUT2D eigenvalue weighted by atomic mass is 35.5. The summed E-state index contributed by atoms with van der Waals surface area (Å²) < 4.78 is 56.7. The van der Waals surface area contributed by atoms with Crippen LogP contribution in [0.4, 0.5) is 8.78 Å². The van der Waals surface area contributed by atoms with E-state index in [-0.39, 0.29) is 34.9 Å². The first kappa shape index (κ1) is 22.5. The zero-order valence-corrected chi connectivity index (χ0v) is 16.7. The number of benzene rings is 2. The third-order valence-electron chi connectivity index (χ3n) is 4.78. The summed E-state index contributed by atoms with van der Waals surface area (Å²) >= 11 is 0. The van der Waals surface area contributed by atoms with Gasteiger partial charge in [-0.1, -0.05) is 30.3 Å². The van der Waals surface area contributed by atoms with Gasteiger partial charge >= 0.3 is 0 Å². The van der Waals surface area contributed by atoms with Gasteiger partial charge in [0.25, 0.3) is 6.43 Å². The summed E-state index contributed by atoms with van der Waals surface area (Å²) in [6.45, 7) is 0.376. The van der Waals surface area contributed by atoms with Gasteiger partial charge in [0.2, 0.25) is 10.0 Å². The molecular weight excluding hydrogens is 410 g/mol. The van der Waals surface area contributed by atoms with Crippen molar-refractivity contribution in [2.45, 2.75) is 17.2 Å². The van der Waals surface area contributed by atoms with Gasteiger partial charge in [-0.05, 0) is 42.3 Å². The molecule has 0 saturated carbocycles. The first-order valence-electron chi connectivity index (χ1n) is 8.68. The molecule has 2 N–H and O–H groups in total. The molecule has 1 aliphatic rings. The van der Waals surface area contributed by atoms with Crippen molar-refractivity contribution in [1.29, 1.82) is 0 Å². The Morgan fingerprint density at radius 1 is 1.07 bits per heavy atom. The lowest BCUT2D eigenvalue weighted by atomic mass is 9.89. The molecule has 0 aliphatic carbocycles. The Kier molecular flexibility index (Phi) is 7.77. The van der Waals surface area contributed by atoms with Gasteiger partial charge in [-0.25, -0.2) is 17.2 Å². The van der Waals surface area contributed by atoms with Crippen molar-refractivity contribution in [2.75, 3.05) is 26.2 Å². The molecule has 28 heavy (non-hydrogen) atoms. The van der Waals surface area contributed by atoms with Crippen LogP contribution in [0.2, 0.25) is 0 Å². The van der Waals surface area contributed by atoms with Crippen LogP contribution < -0.4 is 10.5 Å². The Balaban J connectivity index is 0.00000280. The maximum atomic E-state index is 13.0. The highest BCUT2D eigenvalue weighted by Crippen LogP contribution is 2.35. The van der Waals surface area contributed by atoms with Crippen LogP contribution in [0, 0.1) is 5.92 Å². The lowest BCUT2D eigenvalue weighted by Crippen LogP contribution is -2.30. The minimum atomic E-state index is -3.70. The molecule has 2 atom stereocenters. The Bertz CT molecular complexity index is 851. The molecule has 3 rings (SSSR count). The van der Waals surface area contributed by atoms with Gasteiger partial charge in [0, 0.05) is 19.0 Å². The van der Waals surface area contributed by atoms with Gasteiger partial charge in [0.05, 0.1) is 4.90 Å². The van der Waals surface area contributed by atoms with E-state index in [1.165, 1.54) is 28.6 Å². The fourth-order valence-corrected chi connectivity index (χ4v) is 4.88. The Hall–Kier alpha value is -1.74. The number of ether oxygens (including phenoxy) is 1. The SMILES string of the molecule is Cl.NC[C@@H]1CN(S(=O)(=O)c2ccc(OCC(F)F)cc2)C[C@H]1c1ccccc1. The zero-order valence-electron chi connectivity index (χ0n) is 15.1. The molecule has 0 amide bonds. The maximum Gasteiger partial charge on any atom is 0.272 e. The van der Waals surface area contributed by atoms with E-state index in [9.17, 15) is 17.2 Å². The number of nitrogens with zero attached hydrogens (tertiary/aromatic N) is 1. The Labute approximate surface area is 169 Å². The lowest BCUT2D eigenvalue weighted by molar-refractivity contribution is 0.0819. The Morgan fingerprint density at radius 2 is 1.71 bits per heavy atom. The van der Waals surface area contributed by atoms with Crippen LogP contribution in [0.25, 0.3) is 0 Å². The predicted molar refractivity (Wildman–Crippen MR) is 106 cm³/mol. The van der Waals surface area contributed by atoms with Crippen molar-refractivity contribution >= 4 is 22.4 Å². The van der Waals surface area contributed by atoms with E-state index in [0.29, 0.717) is 19.6 Å². The van der Waals surface area contributed by atoms with Crippen molar-refractivity contribution in [3.63, 3.8) is 0 Å². The van der Waals surface area contributed by atoms with Crippen LogP contribution in [-0.4, -0.2) is 45.4 Å². The number of sulfonamides is 1. The van der Waals surface area contributed by atoms with E-state index in [1.807, 2.05) is 30.3 Å². The van der Waals surface area contributed by atoms with Gasteiger partial charge in [-0.2, -0.15) is 4.31 Å². The molecule has 9 heteroatoms. The quantitative estimate of drug-likeness (QED) is 0.729. The highest BCUT2D eigenvalue weighted by Gasteiger charge is 2.39. The molecule has 154 valence electrons. The molecule has 2 aromatic rings. The van der Waals surface area contributed by atoms with Crippen molar-refractivity contribution < 1.29 is 21.9 Å². The molecule has 0 bridgehead atoms. The molecule has 1 aliphatic heterocycles. The summed E-state index contributed by atoms with van der Waals surface area (Å²) in [6.07, 6.45) is -2.58. The molecule has 2 aromatic carbocycles. The molecule has 0 spiro atoms. The summed E-state index contributed by atoms with van der Waals surface area (Å²) in [6, 6.07) is 15.3. The number of nitrogens with two attached hydrogens (primary N) is 1. The first-order valence-corrected chi connectivity index (χ1v) is 10.1. The normalized spacial score (nSPS) is 20.1. The van der Waals surface area contributed by atoms with E-state index in [4.69, 9.17) is 10.5 Å². The van der Waals surface area contributed by atoms with Gasteiger partial charge in [0.1, 0.15) is 12.4 Å². The van der Waals surface area contributed by atoms with Crippen LogP contribution in [-0.2, 0) is 10.0 Å². The molecule has 1 fully saturated rings. The van der Waals surface area contributed by atoms with Crippen LogP contribution in [0.3, 0.4) is 0 Å². The second-order valence-electron chi connectivity index (χ2n) is 6.51. The van der Waals surface area contributed by atoms with Gasteiger partial charge in [-0.15, -0.1) is 12.4 Å². The van der Waals surface area contributed by atoms with Crippen molar-refractivity contribution in [2.24, 2.45) is 11.7 Å². The summed E-state index contributed by atoms with van der Waals surface area (Å²) in [7, 11) is -3.70. The van der Waals surface area contributed by atoms with Crippen molar-refractivity contribution in [1.82, 2.24) is 4.31 Å². The highest BCUT2D eigenvalue weighted by molar-refractivity contribution is 7.89. The minimum Gasteiger partial charge on any atom is -0.488 e. The van der Waals surface area contributed by atoms with E-state index in [1.54, 1.807) is 0 Å². The fraction of sp³-hybridized carbons (Fsp3) is 0.368. The van der Waals surface area contributed by atoms with E-state index in [2.05, 4.69) is 0 Å². The number of halogens is 3. The summed E-state index contributed by atoms with van der Waals surface area (Å²) in [5, 5.41) is 0. The van der Waals surface area contributed by atoms with E-state index < -0.39 is 23.1 Å². The number of hydrogen-bond acceptors (Lipinski definition) is 4. The van der Waals surface area contributed by atoms with Gasteiger partial charge in [0.15, 0.2) is 0 Å². The third kappa shape index (κ3) is 5.00. The minimum absolute atomic E-state index is 0. The van der Waals surface area contributed by atoms with Crippen LogP contribution in [0.15, 0.2) is 59.5 Å². The van der Waals surface area contributed by atoms with E-state index >= 15 is 0 Å². The van der Waals surface area contributed by atoms with E-state index in [0.717, 1.165) is 5.56 Å². The number of alkyl halides is 2. The standard InChI is InChI=1S/C19H22F2N2O3S.ClH/c20-19(21)13-26-16-6-8-17(9-7-16)27(24,25)23-11-15(10-22)18(12-23)14-4-2-1-3-5-14;/h1-9,15,18-19H,10-13,22H2;1H/t15-,18+;/m1./s1.